The summed E-state index contributed by atoms with van der Waals surface area (Å²) in [6.45, 7) is 3.38. The minimum Gasteiger partial charge on any atom is -0.494 e. The van der Waals surface area contributed by atoms with Crippen LogP contribution in [0.3, 0.4) is 0 Å². The fourth-order valence-electron chi connectivity index (χ4n) is 2.37. The minimum atomic E-state index is 0.0650. The molecule has 0 unspecified atom stereocenters. The van der Waals surface area contributed by atoms with E-state index < -0.39 is 0 Å². The van der Waals surface area contributed by atoms with Gasteiger partial charge in [-0.25, -0.2) is 0 Å². The lowest BCUT2D eigenvalue weighted by Crippen LogP contribution is -2.24. The van der Waals surface area contributed by atoms with Crippen LogP contribution in [0, 0.1) is 0 Å². The van der Waals surface area contributed by atoms with Crippen molar-refractivity contribution in [1.29, 1.82) is 0 Å². The number of fused-ring (bicyclic) bond motifs is 1. The first-order valence-corrected chi connectivity index (χ1v) is 8.01. The van der Waals surface area contributed by atoms with Crippen molar-refractivity contribution in [3.63, 3.8) is 0 Å². The van der Waals surface area contributed by atoms with E-state index in [4.69, 9.17) is 4.74 Å². The second-order valence-corrected chi connectivity index (χ2v) is 5.52. The molecular formula is C17H24N2O3. The number of aryl methyl sites for hydroxylation is 1. The third kappa shape index (κ3) is 5.06. The molecule has 1 aliphatic heterocycles. The lowest BCUT2D eigenvalue weighted by Gasteiger charge is -2.17. The smallest absolute Gasteiger partial charge is 0.224 e. The summed E-state index contributed by atoms with van der Waals surface area (Å²) in [5, 5.41) is 5.74. The lowest BCUT2D eigenvalue weighted by atomic mass is 10.0. The number of anilines is 1. The van der Waals surface area contributed by atoms with Crippen molar-refractivity contribution in [2.75, 3.05) is 18.5 Å². The molecule has 120 valence electrons. The Bertz CT molecular complexity index is 529. The highest BCUT2D eigenvalue weighted by Crippen LogP contribution is 2.26. The fraction of sp³-hybridized carbons (Fsp3) is 0.529. The first kappa shape index (κ1) is 16.3. The molecule has 5 heteroatoms. The van der Waals surface area contributed by atoms with E-state index in [9.17, 15) is 9.59 Å². The number of hydrogen-bond donors (Lipinski definition) is 2. The Labute approximate surface area is 131 Å². The highest BCUT2D eigenvalue weighted by Gasteiger charge is 2.14. The number of rotatable bonds is 8. The Balaban J connectivity index is 1.69. The van der Waals surface area contributed by atoms with Crippen molar-refractivity contribution >= 4 is 17.5 Å². The van der Waals surface area contributed by atoms with Gasteiger partial charge in [-0.1, -0.05) is 13.3 Å². The van der Waals surface area contributed by atoms with Crippen LogP contribution in [0.1, 0.15) is 44.6 Å². The molecule has 2 amide bonds. The van der Waals surface area contributed by atoms with Crippen LogP contribution in [-0.2, 0) is 16.0 Å². The average molecular weight is 304 g/mol. The Morgan fingerprint density at radius 3 is 3.00 bits per heavy atom. The molecule has 2 rings (SSSR count). The zero-order chi connectivity index (χ0) is 15.8. The summed E-state index contributed by atoms with van der Waals surface area (Å²) in [5.74, 6) is 0.946. The molecule has 0 radical (unpaired) electrons. The molecule has 0 saturated carbocycles. The van der Waals surface area contributed by atoms with Crippen LogP contribution in [0.5, 0.6) is 5.75 Å². The molecule has 0 aliphatic carbocycles. The normalized spacial score (nSPS) is 13.2. The number of ether oxygens (including phenoxy) is 1. The maximum absolute atomic E-state index is 11.5. The van der Waals surface area contributed by atoms with Gasteiger partial charge in [-0.3, -0.25) is 9.59 Å². The molecule has 0 fully saturated rings. The van der Waals surface area contributed by atoms with Crippen molar-refractivity contribution in [2.45, 2.75) is 45.4 Å². The molecule has 0 spiro atoms. The molecule has 1 heterocycles. The predicted octanol–water partition coefficient (Wildman–Crippen LogP) is 2.65. The molecule has 5 nitrogen and oxygen atoms in total. The Hall–Kier alpha value is -2.04. The summed E-state index contributed by atoms with van der Waals surface area (Å²) in [7, 11) is 0. The van der Waals surface area contributed by atoms with Crippen LogP contribution in [0.15, 0.2) is 18.2 Å². The van der Waals surface area contributed by atoms with E-state index in [1.54, 1.807) is 0 Å². The Morgan fingerprint density at radius 2 is 2.18 bits per heavy atom. The quantitative estimate of drug-likeness (QED) is 0.726. The lowest BCUT2D eigenvalue weighted by molar-refractivity contribution is -0.121. The number of benzene rings is 1. The molecule has 0 atom stereocenters. The second kappa shape index (κ2) is 8.41. The third-order valence-electron chi connectivity index (χ3n) is 3.64. The summed E-state index contributed by atoms with van der Waals surface area (Å²) >= 11 is 0. The van der Waals surface area contributed by atoms with Crippen molar-refractivity contribution in [1.82, 2.24) is 5.32 Å². The first-order chi connectivity index (χ1) is 10.7. The highest BCUT2D eigenvalue weighted by molar-refractivity contribution is 5.93. The highest BCUT2D eigenvalue weighted by atomic mass is 16.5. The Kier molecular flexibility index (Phi) is 6.25. The van der Waals surface area contributed by atoms with E-state index >= 15 is 0 Å². The van der Waals surface area contributed by atoms with E-state index in [1.807, 2.05) is 18.2 Å². The van der Waals surface area contributed by atoms with Crippen LogP contribution in [-0.4, -0.2) is 25.0 Å². The summed E-state index contributed by atoms with van der Waals surface area (Å²) in [4.78, 5) is 22.8. The van der Waals surface area contributed by atoms with Gasteiger partial charge in [0.05, 0.1) is 6.61 Å². The zero-order valence-corrected chi connectivity index (χ0v) is 13.1. The molecule has 2 N–H and O–H groups in total. The SMILES string of the molecule is CCCCNC(=O)CCCOc1ccc2c(c1)CCC(=O)N2. The summed E-state index contributed by atoms with van der Waals surface area (Å²) in [5.41, 5.74) is 1.98. The molecule has 0 bridgehead atoms. The van der Waals surface area contributed by atoms with Crippen LogP contribution in [0.25, 0.3) is 0 Å². The first-order valence-electron chi connectivity index (χ1n) is 8.01. The molecule has 0 aromatic heterocycles. The number of amides is 2. The van der Waals surface area contributed by atoms with Gasteiger partial charge in [-0.05, 0) is 43.0 Å². The molecule has 0 saturated heterocycles. The van der Waals surface area contributed by atoms with E-state index in [1.165, 1.54) is 0 Å². The van der Waals surface area contributed by atoms with Gasteiger partial charge in [-0.2, -0.15) is 0 Å². The predicted molar refractivity (Wildman–Crippen MR) is 86.0 cm³/mol. The zero-order valence-electron chi connectivity index (χ0n) is 13.1. The second-order valence-electron chi connectivity index (χ2n) is 5.52. The van der Waals surface area contributed by atoms with E-state index in [0.29, 0.717) is 25.9 Å². The van der Waals surface area contributed by atoms with Crippen molar-refractivity contribution < 1.29 is 14.3 Å². The number of unbranched alkanes of at least 4 members (excludes halogenated alkanes) is 1. The summed E-state index contributed by atoms with van der Waals surface area (Å²) in [6.07, 6.45) is 4.57. The summed E-state index contributed by atoms with van der Waals surface area (Å²) < 4.78 is 5.68. The van der Waals surface area contributed by atoms with Gasteiger partial charge in [0, 0.05) is 25.1 Å². The number of carbonyl (C=O) groups excluding carboxylic acids is 2. The molecule has 1 aromatic rings. The largest absolute Gasteiger partial charge is 0.494 e. The number of carbonyl (C=O) groups is 2. The standard InChI is InChI=1S/C17H24N2O3/c1-2-3-10-18-16(20)5-4-11-22-14-7-8-15-13(12-14)6-9-17(21)19-15/h7-8,12H,2-6,9-11H2,1H3,(H,18,20)(H,19,21). The van der Waals surface area contributed by atoms with Crippen LogP contribution < -0.4 is 15.4 Å². The summed E-state index contributed by atoms with van der Waals surface area (Å²) in [6, 6.07) is 5.70. The number of hydrogen-bond acceptors (Lipinski definition) is 3. The number of nitrogens with one attached hydrogen (secondary N) is 2. The third-order valence-corrected chi connectivity index (χ3v) is 3.64. The van der Waals surface area contributed by atoms with E-state index in [-0.39, 0.29) is 11.8 Å². The topological polar surface area (TPSA) is 67.4 Å². The minimum absolute atomic E-state index is 0.0650. The van der Waals surface area contributed by atoms with Gasteiger partial charge in [0.15, 0.2) is 0 Å². The molecular weight excluding hydrogens is 280 g/mol. The van der Waals surface area contributed by atoms with Gasteiger partial charge < -0.3 is 15.4 Å². The monoisotopic (exact) mass is 304 g/mol. The van der Waals surface area contributed by atoms with Crippen molar-refractivity contribution in [2.24, 2.45) is 0 Å². The van der Waals surface area contributed by atoms with Crippen LogP contribution >= 0.6 is 0 Å². The average Bonchev–Trinajstić information content (AvgIpc) is 2.52. The van der Waals surface area contributed by atoms with Gasteiger partial charge >= 0.3 is 0 Å². The molecule has 22 heavy (non-hydrogen) atoms. The van der Waals surface area contributed by atoms with Gasteiger partial charge in [0.2, 0.25) is 11.8 Å². The van der Waals surface area contributed by atoms with Gasteiger partial charge in [0.25, 0.3) is 0 Å². The fourth-order valence-corrected chi connectivity index (χ4v) is 2.37. The van der Waals surface area contributed by atoms with Crippen LogP contribution in [0.4, 0.5) is 5.69 Å². The maximum atomic E-state index is 11.5. The maximum Gasteiger partial charge on any atom is 0.224 e. The van der Waals surface area contributed by atoms with Gasteiger partial charge in [-0.15, -0.1) is 0 Å². The Morgan fingerprint density at radius 1 is 1.32 bits per heavy atom. The van der Waals surface area contributed by atoms with Crippen molar-refractivity contribution in [3.05, 3.63) is 23.8 Å². The van der Waals surface area contributed by atoms with Gasteiger partial charge in [0.1, 0.15) is 5.75 Å². The molecule has 1 aliphatic rings. The van der Waals surface area contributed by atoms with E-state index in [0.717, 1.165) is 42.8 Å². The van der Waals surface area contributed by atoms with Crippen LogP contribution in [0.2, 0.25) is 0 Å². The van der Waals surface area contributed by atoms with E-state index in [2.05, 4.69) is 17.6 Å². The van der Waals surface area contributed by atoms with Crippen molar-refractivity contribution in [3.8, 4) is 5.75 Å². The molecule has 1 aromatic carbocycles.